The van der Waals surface area contributed by atoms with Crippen LogP contribution in [0.15, 0.2) is 12.3 Å². The highest BCUT2D eigenvalue weighted by Crippen LogP contribution is 2.15. The molecule has 0 unspecified atom stereocenters. The topological polar surface area (TPSA) is 56.0 Å². The molecule has 2 heterocycles. The van der Waals surface area contributed by atoms with E-state index in [4.69, 9.17) is 0 Å². The van der Waals surface area contributed by atoms with E-state index in [0.717, 1.165) is 23.5 Å². The van der Waals surface area contributed by atoms with E-state index in [0.29, 0.717) is 12.2 Å². The molecule has 2 aromatic rings. The van der Waals surface area contributed by atoms with E-state index in [2.05, 4.69) is 10.2 Å². The van der Waals surface area contributed by atoms with E-state index in [1.54, 1.807) is 22.7 Å². The minimum Gasteiger partial charge on any atom is -0.336 e. The molecule has 6 nitrogen and oxygen atoms in total. The van der Waals surface area contributed by atoms with Crippen molar-refractivity contribution in [2.45, 2.75) is 33.9 Å². The van der Waals surface area contributed by atoms with E-state index in [-0.39, 0.29) is 5.91 Å². The molecule has 20 heavy (non-hydrogen) atoms. The van der Waals surface area contributed by atoms with Gasteiger partial charge in [0.25, 0.3) is 5.91 Å². The molecule has 0 saturated heterocycles. The number of carbonyl (C=O) groups is 1. The maximum Gasteiger partial charge on any atom is 0.274 e. The monoisotopic (exact) mass is 275 g/mol. The third-order valence-corrected chi connectivity index (χ3v) is 3.58. The molecule has 2 rings (SSSR count). The third-order valence-electron chi connectivity index (χ3n) is 3.58. The fourth-order valence-corrected chi connectivity index (χ4v) is 2.20. The quantitative estimate of drug-likeness (QED) is 0.850. The Morgan fingerprint density at radius 3 is 2.55 bits per heavy atom. The van der Waals surface area contributed by atoms with Crippen LogP contribution in [0.4, 0.5) is 0 Å². The van der Waals surface area contributed by atoms with E-state index >= 15 is 0 Å². The van der Waals surface area contributed by atoms with Crippen molar-refractivity contribution in [2.24, 2.45) is 7.05 Å². The van der Waals surface area contributed by atoms with Gasteiger partial charge in [-0.25, -0.2) is 0 Å². The van der Waals surface area contributed by atoms with Crippen molar-refractivity contribution in [1.82, 2.24) is 24.5 Å². The Bertz CT molecular complexity index is 626. The van der Waals surface area contributed by atoms with Crippen molar-refractivity contribution >= 4 is 5.91 Å². The average Bonchev–Trinajstić information content (AvgIpc) is 2.98. The van der Waals surface area contributed by atoms with Crippen molar-refractivity contribution in [3.63, 3.8) is 0 Å². The summed E-state index contributed by atoms with van der Waals surface area (Å²) in [6.45, 7) is 7.28. The van der Waals surface area contributed by atoms with E-state index < -0.39 is 0 Å². The summed E-state index contributed by atoms with van der Waals surface area (Å²) < 4.78 is 3.59. The number of aryl methyl sites for hydroxylation is 3. The second kappa shape index (κ2) is 5.48. The molecule has 108 valence electrons. The van der Waals surface area contributed by atoms with Crippen LogP contribution in [0.25, 0.3) is 0 Å². The lowest BCUT2D eigenvalue weighted by atomic mass is 10.2. The van der Waals surface area contributed by atoms with Gasteiger partial charge in [-0.2, -0.15) is 10.2 Å². The molecule has 0 radical (unpaired) electrons. The molecular formula is C14H21N5O. The lowest BCUT2D eigenvalue weighted by Crippen LogP contribution is -2.27. The molecule has 6 heteroatoms. The Morgan fingerprint density at radius 1 is 1.35 bits per heavy atom. The highest BCUT2D eigenvalue weighted by Gasteiger charge is 2.18. The number of amides is 1. The SMILES string of the molecule is CCn1ccc(C(=O)N(C)Cc2c(C)nn(C)c2C)n1. The Morgan fingerprint density at radius 2 is 2.05 bits per heavy atom. The predicted molar refractivity (Wildman–Crippen MR) is 76.4 cm³/mol. The summed E-state index contributed by atoms with van der Waals surface area (Å²) in [5, 5.41) is 8.62. The average molecular weight is 275 g/mol. The fourth-order valence-electron chi connectivity index (χ4n) is 2.20. The summed E-state index contributed by atoms with van der Waals surface area (Å²) in [5.41, 5.74) is 3.62. The van der Waals surface area contributed by atoms with Gasteiger partial charge in [-0.1, -0.05) is 0 Å². The standard InChI is InChI=1S/C14H21N5O/c1-6-19-8-7-13(16-19)14(20)17(4)9-12-10(2)15-18(5)11(12)3/h7-8H,6,9H2,1-5H3. The summed E-state index contributed by atoms with van der Waals surface area (Å²) in [6, 6.07) is 1.76. The Balaban J connectivity index is 2.15. The molecule has 0 aliphatic rings. The number of hydrogen-bond acceptors (Lipinski definition) is 3. The molecule has 0 aliphatic carbocycles. The van der Waals surface area contributed by atoms with Crippen molar-refractivity contribution in [3.8, 4) is 0 Å². The molecule has 0 saturated carbocycles. The second-order valence-corrected chi connectivity index (χ2v) is 4.99. The molecule has 0 fully saturated rings. The lowest BCUT2D eigenvalue weighted by Gasteiger charge is -2.16. The fraction of sp³-hybridized carbons (Fsp3) is 0.500. The van der Waals surface area contributed by atoms with Crippen LogP contribution < -0.4 is 0 Å². The zero-order valence-electron chi connectivity index (χ0n) is 12.7. The molecule has 0 bridgehead atoms. The smallest absolute Gasteiger partial charge is 0.274 e. The normalized spacial score (nSPS) is 10.8. The molecular weight excluding hydrogens is 254 g/mol. The first-order valence-electron chi connectivity index (χ1n) is 6.72. The summed E-state index contributed by atoms with van der Waals surface area (Å²) in [7, 11) is 3.70. The van der Waals surface area contributed by atoms with Crippen LogP contribution in [0.5, 0.6) is 0 Å². The number of nitrogens with zero attached hydrogens (tertiary/aromatic N) is 5. The summed E-state index contributed by atoms with van der Waals surface area (Å²) in [6.07, 6.45) is 1.82. The maximum atomic E-state index is 12.3. The van der Waals surface area contributed by atoms with Crippen LogP contribution in [0.1, 0.15) is 34.4 Å². The summed E-state index contributed by atoms with van der Waals surface area (Å²) >= 11 is 0. The Kier molecular flexibility index (Phi) is 3.92. The summed E-state index contributed by atoms with van der Waals surface area (Å²) in [5.74, 6) is -0.0696. The second-order valence-electron chi connectivity index (χ2n) is 4.99. The molecule has 1 amide bonds. The van der Waals surface area contributed by atoms with Gasteiger partial charge in [0.2, 0.25) is 0 Å². The van der Waals surface area contributed by atoms with E-state index in [1.807, 2.05) is 38.7 Å². The largest absolute Gasteiger partial charge is 0.336 e. The number of rotatable bonds is 4. The third kappa shape index (κ3) is 2.59. The van der Waals surface area contributed by atoms with Crippen LogP contribution in [-0.4, -0.2) is 37.4 Å². The summed E-state index contributed by atoms with van der Waals surface area (Å²) in [4.78, 5) is 14.0. The van der Waals surface area contributed by atoms with Gasteiger partial charge in [0.15, 0.2) is 0 Å². The van der Waals surface area contributed by atoms with Crippen LogP contribution in [-0.2, 0) is 20.1 Å². The predicted octanol–water partition coefficient (Wildman–Crippen LogP) is 1.53. The van der Waals surface area contributed by atoms with Crippen LogP contribution in [0, 0.1) is 13.8 Å². The minimum absolute atomic E-state index is 0.0696. The van der Waals surface area contributed by atoms with E-state index in [1.165, 1.54) is 0 Å². The van der Waals surface area contributed by atoms with Gasteiger partial charge < -0.3 is 4.90 Å². The molecule has 0 atom stereocenters. The highest BCUT2D eigenvalue weighted by molar-refractivity contribution is 5.92. The number of hydrogen-bond donors (Lipinski definition) is 0. The zero-order chi connectivity index (χ0) is 14.9. The van der Waals surface area contributed by atoms with Gasteiger partial charge in [-0.3, -0.25) is 14.2 Å². The van der Waals surface area contributed by atoms with Gasteiger partial charge >= 0.3 is 0 Å². The molecule has 0 N–H and O–H groups in total. The first kappa shape index (κ1) is 14.3. The Hall–Kier alpha value is -2.11. The van der Waals surface area contributed by atoms with Crippen molar-refractivity contribution < 1.29 is 4.79 Å². The first-order valence-corrected chi connectivity index (χ1v) is 6.72. The van der Waals surface area contributed by atoms with Crippen molar-refractivity contribution in [3.05, 3.63) is 34.9 Å². The van der Waals surface area contributed by atoms with Gasteiger partial charge in [-0.15, -0.1) is 0 Å². The van der Waals surface area contributed by atoms with Crippen molar-refractivity contribution in [2.75, 3.05) is 7.05 Å². The van der Waals surface area contributed by atoms with Gasteiger partial charge in [-0.05, 0) is 26.8 Å². The van der Waals surface area contributed by atoms with Gasteiger partial charge in [0.05, 0.1) is 5.69 Å². The Labute approximate surface area is 119 Å². The highest BCUT2D eigenvalue weighted by atomic mass is 16.2. The molecule has 0 aromatic carbocycles. The first-order chi connectivity index (χ1) is 9.43. The zero-order valence-corrected chi connectivity index (χ0v) is 12.7. The van der Waals surface area contributed by atoms with E-state index in [9.17, 15) is 4.79 Å². The lowest BCUT2D eigenvalue weighted by molar-refractivity contribution is 0.0778. The number of carbonyl (C=O) groups excluding carboxylic acids is 1. The molecule has 0 spiro atoms. The van der Waals surface area contributed by atoms with Gasteiger partial charge in [0, 0.05) is 44.6 Å². The molecule has 0 aliphatic heterocycles. The van der Waals surface area contributed by atoms with Crippen molar-refractivity contribution in [1.29, 1.82) is 0 Å². The van der Waals surface area contributed by atoms with Crippen LogP contribution in [0.3, 0.4) is 0 Å². The van der Waals surface area contributed by atoms with Crippen LogP contribution >= 0.6 is 0 Å². The minimum atomic E-state index is -0.0696. The number of aromatic nitrogens is 4. The maximum absolute atomic E-state index is 12.3. The molecule has 2 aromatic heterocycles. The van der Waals surface area contributed by atoms with Gasteiger partial charge in [0.1, 0.15) is 5.69 Å². The van der Waals surface area contributed by atoms with Crippen LogP contribution in [0.2, 0.25) is 0 Å².